The minimum atomic E-state index is -5.34. The summed E-state index contributed by atoms with van der Waals surface area (Å²) in [5, 5.41) is 37.7. The monoisotopic (exact) mass is 446 g/mol. The van der Waals surface area contributed by atoms with Crippen LogP contribution in [0.1, 0.15) is 0 Å². The van der Waals surface area contributed by atoms with E-state index in [1.807, 2.05) is 0 Å². The summed E-state index contributed by atoms with van der Waals surface area (Å²) in [5.74, 6) is -4.92. The third-order valence-corrected chi connectivity index (χ3v) is 5.61. The van der Waals surface area contributed by atoms with E-state index in [-0.39, 0.29) is 5.56 Å². The molecule has 2 aromatic carbocycles. The summed E-state index contributed by atoms with van der Waals surface area (Å²) in [6, 6.07) is 3.23. The molecule has 0 bridgehead atoms. The molecule has 0 aliphatic carbocycles. The largest absolute Gasteiger partial charge is 0.506 e. The van der Waals surface area contributed by atoms with Crippen LogP contribution in [0.15, 0.2) is 43.3 Å². The first-order chi connectivity index (χ1) is 13.2. The average molecular weight is 446 g/mol. The quantitative estimate of drug-likeness (QED) is 0.243. The maximum Gasteiger partial charge on any atom is 0.302 e. The summed E-state index contributed by atoms with van der Waals surface area (Å²) < 4.78 is 70.1. The van der Waals surface area contributed by atoms with Gasteiger partial charge in [0.1, 0.15) is 16.7 Å². The summed E-state index contributed by atoms with van der Waals surface area (Å²) in [7, 11) is -10.6. The van der Waals surface area contributed by atoms with Gasteiger partial charge in [0.2, 0.25) is 5.43 Å². The van der Waals surface area contributed by atoms with E-state index in [1.165, 1.54) is 0 Å². The number of fused-ring (bicyclic) bond motifs is 1. The Bertz CT molecular complexity index is 1450. The highest BCUT2D eigenvalue weighted by Gasteiger charge is 2.31. The molecule has 0 aliphatic heterocycles. The van der Waals surface area contributed by atoms with Crippen molar-refractivity contribution in [2.24, 2.45) is 0 Å². The molecule has 0 spiro atoms. The van der Waals surface area contributed by atoms with Gasteiger partial charge in [-0.25, -0.2) is 0 Å². The molecule has 29 heavy (non-hydrogen) atoms. The van der Waals surface area contributed by atoms with Gasteiger partial charge in [0.05, 0.1) is 0 Å². The minimum absolute atomic E-state index is 0.315. The highest BCUT2D eigenvalue weighted by molar-refractivity contribution is 7.86. The van der Waals surface area contributed by atoms with Crippen LogP contribution in [0.25, 0.3) is 22.3 Å². The number of hydrogen-bond donors (Lipinski definition) is 6. The zero-order valence-electron chi connectivity index (χ0n) is 13.8. The molecule has 1 aromatic heterocycles. The normalized spacial score (nSPS) is 12.3. The fourth-order valence-electron chi connectivity index (χ4n) is 2.63. The van der Waals surface area contributed by atoms with Gasteiger partial charge < -0.3 is 24.8 Å². The maximum atomic E-state index is 12.7. The molecule has 0 saturated heterocycles. The smallest absolute Gasteiger partial charge is 0.302 e. The first-order valence-electron chi connectivity index (χ1n) is 7.26. The van der Waals surface area contributed by atoms with Crippen molar-refractivity contribution >= 4 is 31.2 Å². The molecule has 12 nitrogen and oxygen atoms in total. The molecule has 0 unspecified atom stereocenters. The average Bonchev–Trinajstić information content (AvgIpc) is 2.53. The summed E-state index contributed by atoms with van der Waals surface area (Å²) in [6.07, 6.45) is 0. The fraction of sp³-hybridized carbons (Fsp3) is 0. The Morgan fingerprint density at radius 1 is 0.759 bits per heavy atom. The second-order valence-corrected chi connectivity index (χ2v) is 8.41. The number of aromatic hydroxyl groups is 4. The van der Waals surface area contributed by atoms with Crippen molar-refractivity contribution in [2.75, 3.05) is 0 Å². The zero-order chi connectivity index (χ0) is 21.9. The van der Waals surface area contributed by atoms with Gasteiger partial charge in [-0.1, -0.05) is 0 Å². The van der Waals surface area contributed by atoms with Crippen molar-refractivity contribution < 1.29 is 50.8 Å². The fourth-order valence-corrected chi connectivity index (χ4v) is 4.03. The van der Waals surface area contributed by atoms with Gasteiger partial charge in [-0.05, 0) is 18.2 Å². The van der Waals surface area contributed by atoms with E-state index in [4.69, 9.17) is 8.97 Å². The van der Waals surface area contributed by atoms with Gasteiger partial charge in [-0.15, -0.1) is 0 Å². The van der Waals surface area contributed by atoms with E-state index < -0.39 is 75.2 Å². The molecule has 0 amide bonds. The Balaban J connectivity index is 2.59. The van der Waals surface area contributed by atoms with Crippen molar-refractivity contribution in [1.29, 1.82) is 0 Å². The van der Waals surface area contributed by atoms with E-state index in [2.05, 4.69) is 0 Å². The van der Waals surface area contributed by atoms with Crippen LogP contribution in [-0.4, -0.2) is 46.4 Å². The lowest BCUT2D eigenvalue weighted by Crippen LogP contribution is -2.17. The van der Waals surface area contributed by atoms with Gasteiger partial charge in [0.25, 0.3) is 0 Å². The molecule has 0 aliphatic rings. The predicted octanol–water partition coefficient (Wildman–Crippen LogP) is 0.776. The molecule has 0 atom stereocenters. The van der Waals surface area contributed by atoms with Crippen LogP contribution in [0.2, 0.25) is 0 Å². The van der Waals surface area contributed by atoms with Crippen LogP contribution in [0.4, 0.5) is 0 Å². The second kappa shape index (κ2) is 6.35. The van der Waals surface area contributed by atoms with Crippen LogP contribution in [0.5, 0.6) is 23.0 Å². The summed E-state index contributed by atoms with van der Waals surface area (Å²) in [6.45, 7) is 0. The highest BCUT2D eigenvalue weighted by Crippen LogP contribution is 2.40. The Hall–Kier alpha value is -3.33. The first-order valence-corrected chi connectivity index (χ1v) is 10.1. The molecule has 6 N–H and O–H groups in total. The topological polar surface area (TPSA) is 220 Å². The van der Waals surface area contributed by atoms with Gasteiger partial charge >= 0.3 is 20.2 Å². The first kappa shape index (κ1) is 20.4. The number of hydrogen-bond acceptors (Lipinski definition) is 10. The Morgan fingerprint density at radius 3 is 1.86 bits per heavy atom. The lowest BCUT2D eigenvalue weighted by molar-refractivity contribution is 0.403. The maximum absolute atomic E-state index is 12.7. The molecule has 0 radical (unpaired) electrons. The van der Waals surface area contributed by atoms with E-state index in [0.717, 1.165) is 18.2 Å². The van der Waals surface area contributed by atoms with Crippen molar-refractivity contribution in [1.82, 2.24) is 0 Å². The number of phenols is 4. The molecule has 1 heterocycles. The third kappa shape index (κ3) is 3.33. The Morgan fingerprint density at radius 2 is 1.34 bits per heavy atom. The van der Waals surface area contributed by atoms with Crippen molar-refractivity contribution in [3.8, 4) is 34.3 Å². The van der Waals surface area contributed by atoms with Gasteiger partial charge in [-0.3, -0.25) is 13.9 Å². The number of rotatable bonds is 3. The van der Waals surface area contributed by atoms with Crippen molar-refractivity contribution in [3.63, 3.8) is 0 Å². The van der Waals surface area contributed by atoms with E-state index in [9.17, 15) is 46.6 Å². The molecule has 0 fully saturated rings. The van der Waals surface area contributed by atoms with Crippen LogP contribution in [0.3, 0.4) is 0 Å². The second-order valence-electron chi connectivity index (χ2n) is 5.69. The van der Waals surface area contributed by atoms with Crippen LogP contribution < -0.4 is 5.43 Å². The molecule has 0 saturated carbocycles. The van der Waals surface area contributed by atoms with Gasteiger partial charge in [-0.2, -0.15) is 16.8 Å². The zero-order valence-corrected chi connectivity index (χ0v) is 15.4. The van der Waals surface area contributed by atoms with Crippen molar-refractivity contribution in [3.05, 3.63) is 34.5 Å². The lowest BCUT2D eigenvalue weighted by atomic mass is 10.1. The standard InChI is InChI=1S/C15H10O12S2/c16-6-2-1-5(3-7(6)17)13-15(29(24,25)26)12(20)10-9(27-13)4-8(18)14(11(10)19)28(21,22)23/h1-4,16-19H,(H,21,22,23)(H,24,25,26). The predicted molar refractivity (Wildman–Crippen MR) is 94.2 cm³/mol. The summed E-state index contributed by atoms with van der Waals surface area (Å²) in [4.78, 5) is 9.79. The Labute approximate surface area is 161 Å². The minimum Gasteiger partial charge on any atom is -0.506 e. The van der Waals surface area contributed by atoms with E-state index in [1.54, 1.807) is 0 Å². The van der Waals surface area contributed by atoms with Crippen LogP contribution in [0, 0.1) is 0 Å². The molecular weight excluding hydrogens is 436 g/mol. The summed E-state index contributed by atoms with van der Waals surface area (Å²) >= 11 is 0. The van der Waals surface area contributed by atoms with Crippen LogP contribution >= 0.6 is 0 Å². The van der Waals surface area contributed by atoms with Crippen molar-refractivity contribution in [2.45, 2.75) is 9.79 Å². The molecule has 154 valence electrons. The van der Waals surface area contributed by atoms with Gasteiger partial charge in [0, 0.05) is 11.6 Å². The molecular formula is C15H10O12S2. The third-order valence-electron chi connectivity index (χ3n) is 3.80. The van der Waals surface area contributed by atoms with E-state index >= 15 is 0 Å². The molecule has 14 heteroatoms. The van der Waals surface area contributed by atoms with E-state index in [0.29, 0.717) is 6.07 Å². The van der Waals surface area contributed by atoms with Crippen LogP contribution in [-0.2, 0) is 20.2 Å². The summed E-state index contributed by atoms with van der Waals surface area (Å²) in [5.41, 5.74) is -2.66. The van der Waals surface area contributed by atoms with Gasteiger partial charge in [0.15, 0.2) is 32.8 Å². The molecule has 3 rings (SSSR count). The lowest BCUT2D eigenvalue weighted by Gasteiger charge is -2.12. The Kier molecular flexibility index (Phi) is 4.47. The number of benzene rings is 2. The number of phenolic OH excluding ortho intramolecular Hbond substituents is 4. The molecule has 3 aromatic rings. The highest BCUT2D eigenvalue weighted by atomic mass is 32.2. The SMILES string of the molecule is O=c1c(S(=O)(=O)O)c(-c2ccc(O)c(O)c2)oc2cc(O)c(S(=O)(=O)O)c(O)c12.